The Bertz CT molecular complexity index is 418. The molecule has 16 heavy (non-hydrogen) atoms. The number of carbonyl (C=O) groups is 1. The molecule has 1 aromatic rings. The van der Waals surface area contributed by atoms with Crippen molar-refractivity contribution >= 4 is 33.7 Å². The van der Waals surface area contributed by atoms with Gasteiger partial charge in [-0.1, -0.05) is 15.9 Å². The maximum atomic E-state index is 11.3. The minimum absolute atomic E-state index is 0.00267. The number of halogens is 1. The van der Waals surface area contributed by atoms with Crippen molar-refractivity contribution in [3.05, 3.63) is 28.7 Å². The van der Waals surface area contributed by atoms with Crippen LogP contribution in [0.25, 0.3) is 0 Å². The summed E-state index contributed by atoms with van der Waals surface area (Å²) in [6, 6.07) is 8.25. The largest absolute Gasteiger partial charge is 0.461 e. The topological polar surface area (TPSA) is 26.3 Å². The van der Waals surface area contributed by atoms with Gasteiger partial charge in [-0.05, 0) is 37.1 Å². The third kappa shape index (κ3) is 1.78. The summed E-state index contributed by atoms with van der Waals surface area (Å²) >= 11 is 5.22. The second kappa shape index (κ2) is 4.08. The molecule has 84 valence electrons. The average molecular weight is 299 g/mol. The molecule has 0 bridgehead atoms. The van der Waals surface area contributed by atoms with Crippen LogP contribution in [0.4, 0.5) is 0 Å². The van der Waals surface area contributed by atoms with Crippen LogP contribution in [0.5, 0.6) is 0 Å². The maximum Gasteiger partial charge on any atom is 0.314 e. The number of hydrogen-bond donors (Lipinski definition) is 0. The molecule has 3 rings (SSSR count). The third-order valence-corrected chi connectivity index (χ3v) is 5.08. The van der Waals surface area contributed by atoms with Crippen molar-refractivity contribution in [1.29, 1.82) is 0 Å². The number of carbonyl (C=O) groups excluding carboxylic acids is 1. The molecule has 1 aliphatic carbocycles. The van der Waals surface area contributed by atoms with E-state index in [1.54, 1.807) is 11.8 Å². The number of fused-ring (bicyclic) bond motifs is 1. The van der Waals surface area contributed by atoms with Gasteiger partial charge < -0.3 is 4.74 Å². The van der Waals surface area contributed by atoms with Crippen LogP contribution in [0.3, 0.4) is 0 Å². The van der Waals surface area contributed by atoms with E-state index in [-0.39, 0.29) is 18.0 Å². The molecule has 0 N–H and O–H groups in total. The fourth-order valence-electron chi connectivity index (χ4n) is 2.34. The number of thioether (sulfide) groups is 1. The molecule has 0 unspecified atom stereocenters. The Kier molecular flexibility index (Phi) is 2.72. The van der Waals surface area contributed by atoms with Gasteiger partial charge >= 0.3 is 5.97 Å². The lowest BCUT2D eigenvalue weighted by Gasteiger charge is -2.32. The normalized spacial score (nSPS) is 31.8. The van der Waals surface area contributed by atoms with Crippen LogP contribution in [0.2, 0.25) is 0 Å². The lowest BCUT2D eigenvalue weighted by molar-refractivity contribution is -0.179. The van der Waals surface area contributed by atoms with Gasteiger partial charge in [0.1, 0.15) is 12.0 Å². The summed E-state index contributed by atoms with van der Waals surface area (Å²) in [5.74, 6) is 0.144. The fourth-order valence-corrected chi connectivity index (χ4v) is 3.93. The van der Waals surface area contributed by atoms with Crippen molar-refractivity contribution in [2.75, 3.05) is 0 Å². The molecule has 2 aliphatic rings. The monoisotopic (exact) mass is 298 g/mol. The van der Waals surface area contributed by atoms with Crippen LogP contribution in [0.1, 0.15) is 12.8 Å². The summed E-state index contributed by atoms with van der Waals surface area (Å²) in [7, 11) is 0. The molecule has 0 aromatic heterocycles. The zero-order valence-electron chi connectivity index (χ0n) is 8.56. The first-order valence-corrected chi connectivity index (χ1v) is 7.04. The molecule has 2 fully saturated rings. The van der Waals surface area contributed by atoms with Gasteiger partial charge in [0.15, 0.2) is 0 Å². The van der Waals surface area contributed by atoms with Crippen molar-refractivity contribution in [3.8, 4) is 0 Å². The van der Waals surface area contributed by atoms with E-state index in [0.29, 0.717) is 5.25 Å². The Labute approximate surface area is 107 Å². The van der Waals surface area contributed by atoms with Gasteiger partial charge in [-0.2, -0.15) is 0 Å². The van der Waals surface area contributed by atoms with Gasteiger partial charge in [0.05, 0.1) is 0 Å². The highest BCUT2D eigenvalue weighted by Crippen LogP contribution is 2.46. The van der Waals surface area contributed by atoms with Crippen molar-refractivity contribution < 1.29 is 9.53 Å². The van der Waals surface area contributed by atoms with Gasteiger partial charge in [0, 0.05) is 14.6 Å². The Hall–Kier alpha value is -0.480. The zero-order chi connectivity index (χ0) is 11.1. The number of rotatable bonds is 2. The smallest absolute Gasteiger partial charge is 0.314 e. The molecule has 4 heteroatoms. The Balaban J connectivity index is 1.71. The van der Waals surface area contributed by atoms with E-state index in [1.807, 2.05) is 12.1 Å². The number of benzene rings is 1. The lowest BCUT2D eigenvalue weighted by atomic mass is 10.0. The van der Waals surface area contributed by atoms with Gasteiger partial charge in [-0.15, -0.1) is 11.8 Å². The first-order chi connectivity index (χ1) is 7.74. The number of esters is 1. The standard InChI is InChI=1S/C12H11BrO2S/c13-7-1-3-8(4-2-7)16-10-6-5-9-11(10)12(14)15-9/h1-4,9-11H,5-6H2/t9-,10-,11-/m0/s1. The molecule has 0 radical (unpaired) electrons. The summed E-state index contributed by atoms with van der Waals surface area (Å²) in [5.41, 5.74) is 0. The van der Waals surface area contributed by atoms with Gasteiger partial charge in [0.2, 0.25) is 0 Å². The second-order valence-corrected chi connectivity index (χ2v) is 6.42. The highest BCUT2D eigenvalue weighted by Gasteiger charge is 2.52. The van der Waals surface area contributed by atoms with Crippen molar-refractivity contribution in [2.24, 2.45) is 5.92 Å². The van der Waals surface area contributed by atoms with E-state index in [2.05, 4.69) is 28.1 Å². The van der Waals surface area contributed by atoms with Gasteiger partial charge in [-0.25, -0.2) is 0 Å². The van der Waals surface area contributed by atoms with Crippen LogP contribution in [-0.2, 0) is 9.53 Å². The SMILES string of the molecule is O=C1O[C@H]2CC[C@H](Sc3ccc(Br)cc3)[C@@H]12. The molecule has 0 amide bonds. The molecular formula is C12H11BrO2S. The molecule has 1 aliphatic heterocycles. The quantitative estimate of drug-likeness (QED) is 0.784. The maximum absolute atomic E-state index is 11.3. The molecule has 1 aromatic carbocycles. The predicted octanol–water partition coefficient (Wildman–Crippen LogP) is 3.25. The zero-order valence-corrected chi connectivity index (χ0v) is 11.0. The van der Waals surface area contributed by atoms with Crippen LogP contribution < -0.4 is 0 Å². The van der Waals surface area contributed by atoms with Crippen LogP contribution >= 0.6 is 27.7 Å². The summed E-state index contributed by atoms with van der Waals surface area (Å²) in [5, 5.41) is 0.410. The Morgan fingerprint density at radius 2 is 2.00 bits per heavy atom. The van der Waals surface area contributed by atoms with E-state index in [1.165, 1.54) is 4.90 Å². The van der Waals surface area contributed by atoms with Crippen molar-refractivity contribution in [2.45, 2.75) is 29.1 Å². The predicted molar refractivity (Wildman–Crippen MR) is 66.4 cm³/mol. The fraction of sp³-hybridized carbons (Fsp3) is 0.417. The summed E-state index contributed by atoms with van der Waals surface area (Å²) < 4.78 is 6.18. The van der Waals surface area contributed by atoms with Crippen molar-refractivity contribution in [1.82, 2.24) is 0 Å². The summed E-state index contributed by atoms with van der Waals surface area (Å²) in [6.07, 6.45) is 2.33. The third-order valence-electron chi connectivity index (χ3n) is 3.18. The average Bonchev–Trinajstić information content (AvgIpc) is 2.58. The Morgan fingerprint density at radius 1 is 1.25 bits per heavy atom. The van der Waals surface area contributed by atoms with E-state index < -0.39 is 0 Å². The minimum atomic E-state index is -0.00267. The van der Waals surface area contributed by atoms with Gasteiger partial charge in [0.25, 0.3) is 0 Å². The highest BCUT2D eigenvalue weighted by molar-refractivity contribution is 9.10. The molecule has 1 heterocycles. The van der Waals surface area contributed by atoms with E-state index >= 15 is 0 Å². The highest BCUT2D eigenvalue weighted by atomic mass is 79.9. The van der Waals surface area contributed by atoms with E-state index in [4.69, 9.17) is 4.74 Å². The van der Waals surface area contributed by atoms with E-state index in [0.717, 1.165) is 17.3 Å². The summed E-state index contributed by atoms with van der Waals surface area (Å²) in [6.45, 7) is 0. The molecular weight excluding hydrogens is 288 g/mol. The lowest BCUT2D eigenvalue weighted by Crippen LogP contribution is -2.44. The first-order valence-electron chi connectivity index (χ1n) is 5.37. The van der Waals surface area contributed by atoms with Crippen LogP contribution in [-0.4, -0.2) is 17.3 Å². The number of ether oxygens (including phenoxy) is 1. The molecule has 1 saturated carbocycles. The van der Waals surface area contributed by atoms with Crippen molar-refractivity contribution in [3.63, 3.8) is 0 Å². The molecule has 2 nitrogen and oxygen atoms in total. The minimum Gasteiger partial charge on any atom is -0.461 e. The number of hydrogen-bond acceptors (Lipinski definition) is 3. The second-order valence-electron chi connectivity index (χ2n) is 4.19. The van der Waals surface area contributed by atoms with E-state index in [9.17, 15) is 4.79 Å². The summed E-state index contributed by atoms with van der Waals surface area (Å²) in [4.78, 5) is 12.6. The van der Waals surface area contributed by atoms with Gasteiger partial charge in [-0.3, -0.25) is 4.79 Å². The van der Waals surface area contributed by atoms with Crippen LogP contribution in [0, 0.1) is 5.92 Å². The van der Waals surface area contributed by atoms with Crippen LogP contribution in [0.15, 0.2) is 33.6 Å². The molecule has 0 spiro atoms. The Morgan fingerprint density at radius 3 is 2.69 bits per heavy atom. The molecule has 3 atom stereocenters. The molecule has 1 saturated heterocycles. The first kappa shape index (κ1) is 10.7.